The van der Waals surface area contributed by atoms with E-state index in [9.17, 15) is 4.79 Å². The normalized spacial score (nSPS) is 10.4. The number of nitrogens with one attached hydrogen (secondary N) is 1. The molecule has 3 aromatic rings. The lowest BCUT2D eigenvalue weighted by molar-refractivity contribution is 0.102. The predicted octanol–water partition coefficient (Wildman–Crippen LogP) is 1.39. The van der Waals surface area contributed by atoms with Gasteiger partial charge in [0.05, 0.1) is 7.11 Å². The predicted molar refractivity (Wildman–Crippen MR) is 71.7 cm³/mol. The molecule has 0 aliphatic rings. The molecule has 3 heterocycles. The lowest BCUT2D eigenvalue weighted by Crippen LogP contribution is -2.12. The molecule has 0 unspecified atom stereocenters. The number of nitrogens with zero attached hydrogens (tertiary/aromatic N) is 4. The van der Waals surface area contributed by atoms with Gasteiger partial charge in [-0.15, -0.1) is 5.10 Å². The Hall–Kier alpha value is -2.96. The lowest BCUT2D eigenvalue weighted by atomic mass is 10.2. The van der Waals surface area contributed by atoms with E-state index in [-0.39, 0.29) is 11.9 Å². The third-order valence-electron chi connectivity index (χ3n) is 2.71. The number of hydrogen-bond acceptors (Lipinski definition) is 5. The Morgan fingerprint density at radius 3 is 2.85 bits per heavy atom. The SMILES string of the molecule is COc1cccn2nc(NC(=O)c3ccncc3)nc12. The molecule has 0 saturated heterocycles. The molecule has 7 nitrogen and oxygen atoms in total. The quantitative estimate of drug-likeness (QED) is 0.777. The summed E-state index contributed by atoms with van der Waals surface area (Å²) in [5.41, 5.74) is 1.03. The van der Waals surface area contributed by atoms with E-state index in [0.717, 1.165) is 0 Å². The van der Waals surface area contributed by atoms with Crippen molar-refractivity contribution >= 4 is 17.5 Å². The highest BCUT2D eigenvalue weighted by molar-refractivity contribution is 6.03. The minimum absolute atomic E-state index is 0.219. The molecule has 0 aliphatic carbocycles. The van der Waals surface area contributed by atoms with E-state index in [2.05, 4.69) is 20.4 Å². The molecule has 1 N–H and O–H groups in total. The minimum Gasteiger partial charge on any atom is -0.493 e. The van der Waals surface area contributed by atoms with Gasteiger partial charge in [0, 0.05) is 24.2 Å². The van der Waals surface area contributed by atoms with Crippen LogP contribution in [0.4, 0.5) is 5.95 Å². The van der Waals surface area contributed by atoms with E-state index < -0.39 is 0 Å². The molecule has 0 saturated carbocycles. The van der Waals surface area contributed by atoms with Crippen LogP contribution in [0.3, 0.4) is 0 Å². The molecular weight excluding hydrogens is 258 g/mol. The number of aromatic nitrogens is 4. The number of ether oxygens (including phenoxy) is 1. The monoisotopic (exact) mass is 269 g/mol. The zero-order valence-corrected chi connectivity index (χ0v) is 10.6. The van der Waals surface area contributed by atoms with Gasteiger partial charge in [-0.3, -0.25) is 15.1 Å². The number of anilines is 1. The van der Waals surface area contributed by atoms with Crippen molar-refractivity contribution in [2.45, 2.75) is 0 Å². The van der Waals surface area contributed by atoms with E-state index in [1.165, 1.54) is 0 Å². The van der Waals surface area contributed by atoms with Gasteiger partial charge in [0.1, 0.15) is 0 Å². The molecule has 0 aromatic carbocycles. The molecule has 20 heavy (non-hydrogen) atoms. The van der Waals surface area contributed by atoms with Crippen LogP contribution in [-0.4, -0.2) is 32.6 Å². The highest BCUT2D eigenvalue weighted by atomic mass is 16.5. The van der Waals surface area contributed by atoms with E-state index >= 15 is 0 Å². The first kappa shape index (κ1) is 12.1. The third kappa shape index (κ3) is 2.16. The number of carbonyl (C=O) groups excluding carboxylic acids is 1. The first-order valence-electron chi connectivity index (χ1n) is 5.88. The summed E-state index contributed by atoms with van der Waals surface area (Å²) >= 11 is 0. The molecule has 0 bridgehead atoms. The molecular formula is C13H11N5O2. The van der Waals surface area contributed by atoms with Crippen molar-refractivity contribution in [3.63, 3.8) is 0 Å². The average Bonchev–Trinajstić information content (AvgIpc) is 2.90. The summed E-state index contributed by atoms with van der Waals surface area (Å²) in [6, 6.07) is 6.80. The van der Waals surface area contributed by atoms with E-state index in [4.69, 9.17) is 4.74 Å². The fourth-order valence-electron chi connectivity index (χ4n) is 1.77. The number of methoxy groups -OCH3 is 1. The summed E-state index contributed by atoms with van der Waals surface area (Å²) in [4.78, 5) is 20.1. The molecule has 0 atom stereocenters. The molecule has 0 radical (unpaired) electrons. The largest absolute Gasteiger partial charge is 0.493 e. The zero-order chi connectivity index (χ0) is 13.9. The van der Waals surface area contributed by atoms with Crippen LogP contribution >= 0.6 is 0 Å². The van der Waals surface area contributed by atoms with Gasteiger partial charge >= 0.3 is 0 Å². The second-order valence-corrected chi connectivity index (χ2v) is 3.97. The first-order chi connectivity index (χ1) is 9.78. The van der Waals surface area contributed by atoms with Crippen molar-refractivity contribution in [2.75, 3.05) is 12.4 Å². The van der Waals surface area contributed by atoms with Crippen LogP contribution in [0.15, 0.2) is 42.9 Å². The Bertz CT molecular complexity index is 754. The molecule has 3 rings (SSSR count). The molecule has 7 heteroatoms. The van der Waals surface area contributed by atoms with Crippen molar-refractivity contribution in [3.8, 4) is 5.75 Å². The summed E-state index contributed by atoms with van der Waals surface area (Å²) < 4.78 is 6.73. The van der Waals surface area contributed by atoms with E-state index in [1.54, 1.807) is 54.5 Å². The van der Waals surface area contributed by atoms with Crippen LogP contribution in [0.1, 0.15) is 10.4 Å². The second kappa shape index (κ2) is 4.96. The summed E-state index contributed by atoms with van der Waals surface area (Å²) in [5, 5.41) is 6.80. The van der Waals surface area contributed by atoms with Crippen molar-refractivity contribution in [2.24, 2.45) is 0 Å². The lowest BCUT2D eigenvalue weighted by Gasteiger charge is -1.99. The highest BCUT2D eigenvalue weighted by Gasteiger charge is 2.11. The summed E-state index contributed by atoms with van der Waals surface area (Å²) in [5.74, 6) is 0.517. The minimum atomic E-state index is -0.290. The van der Waals surface area contributed by atoms with Crippen molar-refractivity contribution in [1.29, 1.82) is 0 Å². The molecule has 0 aliphatic heterocycles. The number of fused-ring (bicyclic) bond motifs is 1. The van der Waals surface area contributed by atoms with Crippen LogP contribution in [0.5, 0.6) is 5.75 Å². The second-order valence-electron chi connectivity index (χ2n) is 3.97. The van der Waals surface area contributed by atoms with Gasteiger partial charge in [-0.1, -0.05) is 0 Å². The fraction of sp³-hybridized carbons (Fsp3) is 0.0769. The maximum absolute atomic E-state index is 12.0. The van der Waals surface area contributed by atoms with Gasteiger partial charge in [-0.2, -0.15) is 4.98 Å². The Morgan fingerprint density at radius 1 is 1.30 bits per heavy atom. The van der Waals surface area contributed by atoms with Crippen molar-refractivity contribution in [1.82, 2.24) is 19.6 Å². The molecule has 1 amide bonds. The van der Waals surface area contributed by atoms with Crippen molar-refractivity contribution in [3.05, 3.63) is 48.4 Å². The fourth-order valence-corrected chi connectivity index (χ4v) is 1.77. The van der Waals surface area contributed by atoms with Crippen molar-refractivity contribution < 1.29 is 9.53 Å². The number of hydrogen-bond donors (Lipinski definition) is 1. The van der Waals surface area contributed by atoms with Crippen LogP contribution in [0.2, 0.25) is 0 Å². The zero-order valence-electron chi connectivity index (χ0n) is 10.6. The summed E-state index contributed by atoms with van der Waals surface area (Å²) in [7, 11) is 1.55. The van der Waals surface area contributed by atoms with Gasteiger partial charge in [0.25, 0.3) is 5.91 Å². The molecule has 0 spiro atoms. The highest BCUT2D eigenvalue weighted by Crippen LogP contribution is 2.18. The van der Waals surface area contributed by atoms with E-state index in [0.29, 0.717) is 17.0 Å². The van der Waals surface area contributed by atoms with Crippen LogP contribution in [-0.2, 0) is 0 Å². The topological polar surface area (TPSA) is 81.4 Å². The standard InChI is InChI=1S/C13H11N5O2/c1-20-10-3-2-8-18-11(10)15-13(17-18)16-12(19)9-4-6-14-7-5-9/h2-8H,1H3,(H,16,17,19). The van der Waals surface area contributed by atoms with Crippen LogP contribution in [0, 0.1) is 0 Å². The van der Waals surface area contributed by atoms with Gasteiger partial charge < -0.3 is 4.74 Å². The van der Waals surface area contributed by atoms with Gasteiger partial charge in [-0.25, -0.2) is 4.52 Å². The van der Waals surface area contributed by atoms with Gasteiger partial charge in [0.15, 0.2) is 11.4 Å². The summed E-state index contributed by atoms with van der Waals surface area (Å²) in [6.45, 7) is 0. The van der Waals surface area contributed by atoms with Crippen LogP contribution < -0.4 is 10.1 Å². The molecule has 3 aromatic heterocycles. The van der Waals surface area contributed by atoms with Gasteiger partial charge in [0.2, 0.25) is 5.95 Å². The number of amides is 1. The third-order valence-corrected chi connectivity index (χ3v) is 2.71. The van der Waals surface area contributed by atoms with Crippen LogP contribution in [0.25, 0.3) is 5.65 Å². The summed E-state index contributed by atoms with van der Waals surface area (Å²) in [6.07, 6.45) is 4.83. The molecule has 100 valence electrons. The van der Waals surface area contributed by atoms with E-state index in [1.807, 2.05) is 0 Å². The number of carbonyl (C=O) groups is 1. The smallest absolute Gasteiger partial charge is 0.258 e. The Kier molecular flexibility index (Phi) is 3.00. The Labute approximate surface area is 114 Å². The number of pyridine rings is 2. The Balaban J connectivity index is 1.90. The van der Waals surface area contributed by atoms with Gasteiger partial charge in [-0.05, 0) is 24.3 Å². The Morgan fingerprint density at radius 2 is 2.10 bits per heavy atom. The maximum Gasteiger partial charge on any atom is 0.258 e. The first-order valence-corrected chi connectivity index (χ1v) is 5.88. The maximum atomic E-state index is 12.0. The average molecular weight is 269 g/mol. The number of rotatable bonds is 3. The molecule has 0 fully saturated rings.